The van der Waals surface area contributed by atoms with Gasteiger partial charge in [-0.2, -0.15) is 0 Å². The third kappa shape index (κ3) is 6.07. The Morgan fingerprint density at radius 1 is 0.864 bits per heavy atom. The van der Waals surface area contributed by atoms with Gasteiger partial charge in [-0.05, 0) is 49.3 Å². The van der Waals surface area contributed by atoms with Crippen LogP contribution >= 0.6 is 0 Å². The van der Waals surface area contributed by atoms with Gasteiger partial charge < -0.3 is 9.52 Å². The van der Waals surface area contributed by atoms with Crippen LogP contribution in [0.2, 0.25) is 0 Å². The molecule has 2 aromatic rings. The fourth-order valence-corrected chi connectivity index (χ4v) is 2.62. The van der Waals surface area contributed by atoms with Crippen LogP contribution in [0.4, 0.5) is 0 Å². The highest BCUT2D eigenvalue weighted by atomic mass is 16.3. The highest BCUT2D eigenvalue weighted by Gasteiger charge is 2.05. The van der Waals surface area contributed by atoms with E-state index < -0.39 is 0 Å². The van der Waals surface area contributed by atoms with E-state index in [9.17, 15) is 0 Å². The van der Waals surface area contributed by atoms with E-state index in [0.717, 1.165) is 30.8 Å². The molecule has 0 bridgehead atoms. The van der Waals surface area contributed by atoms with Crippen LogP contribution in [-0.2, 0) is 19.3 Å². The number of rotatable bonds is 10. The first-order chi connectivity index (χ1) is 10.8. The molecule has 0 radical (unpaired) electrons. The maximum atomic E-state index is 9.04. The molecule has 22 heavy (non-hydrogen) atoms. The molecule has 1 aromatic heterocycles. The summed E-state index contributed by atoms with van der Waals surface area (Å²) in [6.45, 7) is 2.32. The third-order valence-electron chi connectivity index (χ3n) is 4.14. The number of aliphatic hydroxyl groups is 1. The molecule has 0 aliphatic heterocycles. The van der Waals surface area contributed by atoms with Crippen molar-refractivity contribution in [2.45, 2.75) is 51.9 Å². The second kappa shape index (κ2) is 9.47. The van der Waals surface area contributed by atoms with E-state index in [4.69, 9.17) is 9.52 Å². The van der Waals surface area contributed by atoms with Gasteiger partial charge in [-0.25, -0.2) is 0 Å². The molecular weight excluding hydrogens is 272 g/mol. The lowest BCUT2D eigenvalue weighted by Crippen LogP contribution is -2.01. The summed E-state index contributed by atoms with van der Waals surface area (Å²) in [6.07, 6.45) is 7.79. The van der Waals surface area contributed by atoms with Crippen molar-refractivity contribution in [1.82, 2.24) is 0 Å². The van der Waals surface area contributed by atoms with Crippen molar-refractivity contribution in [1.29, 1.82) is 0 Å². The molecule has 1 heterocycles. The zero-order valence-corrected chi connectivity index (χ0v) is 13.6. The number of hydrogen-bond donors (Lipinski definition) is 1. The summed E-state index contributed by atoms with van der Waals surface area (Å²) in [5.74, 6) is 2.51. The molecule has 0 spiro atoms. The number of unbranched alkanes of at least 4 members (excludes halogenated alkanes) is 2. The van der Waals surface area contributed by atoms with Crippen molar-refractivity contribution in [2.75, 3.05) is 6.61 Å². The fraction of sp³-hybridized carbons (Fsp3) is 0.500. The Morgan fingerprint density at radius 3 is 2.27 bits per heavy atom. The monoisotopic (exact) mass is 300 g/mol. The number of benzene rings is 1. The molecule has 0 amide bonds. The van der Waals surface area contributed by atoms with Crippen molar-refractivity contribution in [3.05, 3.63) is 59.5 Å². The SMILES string of the molecule is CC(CO)CCc1ccc(CCCCCc2ccccc2)o1. The van der Waals surface area contributed by atoms with Crippen LogP contribution in [0, 0.1) is 5.92 Å². The van der Waals surface area contributed by atoms with Crippen LogP contribution in [0.3, 0.4) is 0 Å². The standard InChI is InChI=1S/C20H28O2/c1-17(16-21)12-13-20-15-14-19(22-20)11-7-3-6-10-18-8-4-2-5-9-18/h2,4-5,8-9,14-15,17,21H,3,6-7,10-13,16H2,1H3. The lowest BCUT2D eigenvalue weighted by Gasteiger charge is -2.05. The van der Waals surface area contributed by atoms with Gasteiger partial charge in [-0.15, -0.1) is 0 Å². The first kappa shape index (κ1) is 16.8. The van der Waals surface area contributed by atoms with Gasteiger partial charge in [0.25, 0.3) is 0 Å². The minimum absolute atomic E-state index is 0.259. The van der Waals surface area contributed by atoms with Crippen LogP contribution in [0.1, 0.15) is 49.7 Å². The number of furan rings is 1. The van der Waals surface area contributed by atoms with Crippen molar-refractivity contribution >= 4 is 0 Å². The number of aliphatic hydroxyl groups excluding tert-OH is 1. The predicted octanol–water partition coefficient (Wildman–Crippen LogP) is 4.80. The molecule has 2 heteroatoms. The van der Waals surface area contributed by atoms with E-state index in [1.54, 1.807) is 0 Å². The van der Waals surface area contributed by atoms with Gasteiger partial charge in [-0.1, -0.05) is 43.7 Å². The normalized spacial score (nSPS) is 12.5. The molecule has 0 aliphatic rings. The Labute approximate surface area is 134 Å². The van der Waals surface area contributed by atoms with E-state index in [0.29, 0.717) is 5.92 Å². The van der Waals surface area contributed by atoms with Crippen LogP contribution in [0.5, 0.6) is 0 Å². The quantitative estimate of drug-likeness (QED) is 0.640. The van der Waals surface area contributed by atoms with Gasteiger partial charge in [0, 0.05) is 19.4 Å². The van der Waals surface area contributed by atoms with Crippen LogP contribution < -0.4 is 0 Å². The van der Waals surface area contributed by atoms with Gasteiger partial charge in [0.05, 0.1) is 0 Å². The van der Waals surface area contributed by atoms with E-state index in [1.807, 2.05) is 0 Å². The van der Waals surface area contributed by atoms with Crippen LogP contribution in [0.25, 0.3) is 0 Å². The zero-order chi connectivity index (χ0) is 15.6. The highest BCUT2D eigenvalue weighted by molar-refractivity contribution is 5.14. The molecule has 1 aromatic carbocycles. The summed E-state index contributed by atoms with van der Waals surface area (Å²) in [6, 6.07) is 14.9. The molecule has 1 atom stereocenters. The van der Waals surface area contributed by atoms with E-state index in [-0.39, 0.29) is 6.61 Å². The first-order valence-corrected chi connectivity index (χ1v) is 8.50. The highest BCUT2D eigenvalue weighted by Crippen LogP contribution is 2.16. The third-order valence-corrected chi connectivity index (χ3v) is 4.14. The fourth-order valence-electron chi connectivity index (χ4n) is 2.62. The summed E-state index contributed by atoms with van der Waals surface area (Å²) >= 11 is 0. The average Bonchev–Trinajstić information content (AvgIpc) is 3.01. The van der Waals surface area contributed by atoms with E-state index in [1.165, 1.54) is 31.2 Å². The maximum Gasteiger partial charge on any atom is 0.104 e. The van der Waals surface area contributed by atoms with Gasteiger partial charge in [0.15, 0.2) is 0 Å². The Balaban J connectivity index is 1.60. The molecule has 2 rings (SSSR count). The first-order valence-electron chi connectivity index (χ1n) is 8.50. The van der Waals surface area contributed by atoms with Crippen molar-refractivity contribution in [3.8, 4) is 0 Å². The second-order valence-electron chi connectivity index (χ2n) is 6.24. The minimum Gasteiger partial charge on any atom is -0.466 e. The summed E-state index contributed by atoms with van der Waals surface area (Å²) in [4.78, 5) is 0. The van der Waals surface area contributed by atoms with Crippen molar-refractivity contribution in [3.63, 3.8) is 0 Å². The smallest absolute Gasteiger partial charge is 0.104 e. The number of hydrogen-bond acceptors (Lipinski definition) is 2. The molecule has 0 saturated heterocycles. The van der Waals surface area contributed by atoms with Crippen molar-refractivity contribution in [2.24, 2.45) is 5.92 Å². The van der Waals surface area contributed by atoms with E-state index in [2.05, 4.69) is 49.4 Å². The van der Waals surface area contributed by atoms with Gasteiger partial charge >= 0.3 is 0 Å². The minimum atomic E-state index is 0.259. The Kier molecular flexibility index (Phi) is 7.24. The van der Waals surface area contributed by atoms with Gasteiger partial charge in [-0.3, -0.25) is 0 Å². The van der Waals surface area contributed by atoms with Crippen molar-refractivity contribution < 1.29 is 9.52 Å². The van der Waals surface area contributed by atoms with Crippen LogP contribution in [0.15, 0.2) is 46.9 Å². The predicted molar refractivity (Wildman–Crippen MR) is 91.0 cm³/mol. The molecule has 2 nitrogen and oxygen atoms in total. The topological polar surface area (TPSA) is 33.4 Å². The van der Waals surface area contributed by atoms with Gasteiger partial charge in [0.1, 0.15) is 11.5 Å². The largest absolute Gasteiger partial charge is 0.466 e. The second-order valence-corrected chi connectivity index (χ2v) is 6.24. The number of aryl methyl sites for hydroxylation is 3. The lowest BCUT2D eigenvalue weighted by molar-refractivity contribution is 0.228. The Morgan fingerprint density at radius 2 is 1.55 bits per heavy atom. The Hall–Kier alpha value is -1.54. The summed E-state index contributed by atoms with van der Waals surface area (Å²) in [5.41, 5.74) is 1.43. The molecule has 120 valence electrons. The maximum absolute atomic E-state index is 9.04. The van der Waals surface area contributed by atoms with Gasteiger partial charge in [0.2, 0.25) is 0 Å². The molecule has 0 fully saturated rings. The van der Waals surface area contributed by atoms with Crippen LogP contribution in [-0.4, -0.2) is 11.7 Å². The summed E-state index contributed by atoms with van der Waals surface area (Å²) in [5, 5.41) is 9.04. The Bertz CT molecular complexity index is 516. The molecule has 1 unspecified atom stereocenters. The molecule has 0 saturated carbocycles. The summed E-state index contributed by atoms with van der Waals surface area (Å²) in [7, 11) is 0. The lowest BCUT2D eigenvalue weighted by atomic mass is 10.1. The average molecular weight is 300 g/mol. The molecule has 0 aliphatic carbocycles. The summed E-state index contributed by atoms with van der Waals surface area (Å²) < 4.78 is 5.86. The zero-order valence-electron chi connectivity index (χ0n) is 13.6. The van der Waals surface area contributed by atoms with E-state index >= 15 is 0 Å². The molecule has 1 N–H and O–H groups in total. The molecular formula is C20H28O2.